The molecule has 1 heteroatoms. The predicted molar refractivity (Wildman–Crippen MR) is 45.9 cm³/mol. The van der Waals surface area contributed by atoms with Crippen LogP contribution in [0.5, 0.6) is 0 Å². The third kappa shape index (κ3) is 2.08. The topological polar surface area (TPSA) is 23.8 Å². The van der Waals surface area contributed by atoms with Crippen LogP contribution in [-0.2, 0) is 0 Å². The van der Waals surface area contributed by atoms with Gasteiger partial charge >= 0.3 is 0 Å². The van der Waals surface area contributed by atoms with Crippen LogP contribution >= 0.6 is 0 Å². The van der Waals surface area contributed by atoms with E-state index in [1.807, 2.05) is 0 Å². The molecule has 0 aliphatic heterocycles. The number of nitriles is 1. The molecule has 0 radical (unpaired) electrons. The molecule has 1 rings (SSSR count). The lowest BCUT2D eigenvalue weighted by atomic mass is 9.80. The van der Waals surface area contributed by atoms with E-state index >= 15 is 0 Å². The second kappa shape index (κ2) is 3.57. The van der Waals surface area contributed by atoms with Crippen molar-refractivity contribution in [2.24, 2.45) is 11.8 Å². The summed E-state index contributed by atoms with van der Waals surface area (Å²) in [6.07, 6.45) is 4.50. The molecular formula is C10H15N. The Kier molecular flexibility index (Phi) is 2.70. The number of rotatable bonds is 1. The van der Waals surface area contributed by atoms with Gasteiger partial charge in [-0.1, -0.05) is 12.2 Å². The summed E-state index contributed by atoms with van der Waals surface area (Å²) in [6.45, 7) is 6.04. The molecule has 1 saturated carbocycles. The second-order valence-electron chi connectivity index (χ2n) is 3.52. The van der Waals surface area contributed by atoms with Gasteiger partial charge in [0.2, 0.25) is 0 Å². The lowest BCUT2D eigenvalue weighted by Gasteiger charge is -2.24. The van der Waals surface area contributed by atoms with Crippen LogP contribution in [0.1, 0.15) is 32.6 Å². The Bertz CT molecular complexity index is 180. The Morgan fingerprint density at radius 3 is 2.27 bits per heavy atom. The normalized spacial score (nSPS) is 30.9. The van der Waals surface area contributed by atoms with E-state index < -0.39 is 0 Å². The average molecular weight is 149 g/mol. The molecule has 0 unspecified atom stereocenters. The highest BCUT2D eigenvalue weighted by Gasteiger charge is 2.20. The first-order chi connectivity index (χ1) is 5.24. The van der Waals surface area contributed by atoms with Crippen molar-refractivity contribution in [1.29, 1.82) is 5.26 Å². The number of allylic oxidation sites excluding steroid dienone is 1. The SMILES string of the molecule is C=C(C)C1CCC(C#N)CC1. The largest absolute Gasteiger partial charge is 0.198 e. The van der Waals surface area contributed by atoms with Gasteiger partial charge in [-0.25, -0.2) is 0 Å². The molecule has 1 aliphatic rings. The van der Waals surface area contributed by atoms with Gasteiger partial charge < -0.3 is 0 Å². The zero-order valence-corrected chi connectivity index (χ0v) is 7.14. The predicted octanol–water partition coefficient (Wildman–Crippen LogP) is 2.89. The second-order valence-corrected chi connectivity index (χ2v) is 3.52. The van der Waals surface area contributed by atoms with E-state index in [9.17, 15) is 0 Å². The molecule has 1 fully saturated rings. The van der Waals surface area contributed by atoms with E-state index in [0.29, 0.717) is 11.8 Å². The van der Waals surface area contributed by atoms with Crippen LogP contribution in [0.3, 0.4) is 0 Å². The Morgan fingerprint density at radius 1 is 1.36 bits per heavy atom. The quantitative estimate of drug-likeness (QED) is 0.526. The number of hydrogen-bond acceptors (Lipinski definition) is 1. The summed E-state index contributed by atoms with van der Waals surface area (Å²) in [5.74, 6) is 1.02. The molecule has 0 aromatic carbocycles. The fourth-order valence-electron chi connectivity index (χ4n) is 1.72. The maximum atomic E-state index is 8.64. The summed E-state index contributed by atoms with van der Waals surface area (Å²) in [5, 5.41) is 8.64. The van der Waals surface area contributed by atoms with Crippen LogP contribution in [0, 0.1) is 23.2 Å². The van der Waals surface area contributed by atoms with Crippen molar-refractivity contribution < 1.29 is 0 Å². The molecule has 0 bridgehead atoms. The molecular weight excluding hydrogens is 134 g/mol. The van der Waals surface area contributed by atoms with E-state index in [-0.39, 0.29) is 0 Å². The van der Waals surface area contributed by atoms with Crippen LogP contribution in [0.15, 0.2) is 12.2 Å². The molecule has 0 amide bonds. The van der Waals surface area contributed by atoms with Crippen LogP contribution in [-0.4, -0.2) is 0 Å². The highest BCUT2D eigenvalue weighted by Crippen LogP contribution is 2.31. The van der Waals surface area contributed by atoms with Gasteiger partial charge in [-0.3, -0.25) is 0 Å². The third-order valence-electron chi connectivity index (χ3n) is 2.61. The summed E-state index contributed by atoms with van der Waals surface area (Å²) in [4.78, 5) is 0. The molecule has 0 heterocycles. The summed E-state index contributed by atoms with van der Waals surface area (Å²) < 4.78 is 0. The van der Waals surface area contributed by atoms with Gasteiger partial charge in [0.1, 0.15) is 0 Å². The standard InChI is InChI=1S/C10H15N/c1-8(2)10-5-3-9(7-11)4-6-10/h9-10H,1,3-6H2,2H3. The zero-order valence-electron chi connectivity index (χ0n) is 7.14. The summed E-state index contributed by atoms with van der Waals surface area (Å²) in [5.41, 5.74) is 1.29. The molecule has 1 aliphatic carbocycles. The minimum Gasteiger partial charge on any atom is -0.198 e. The van der Waals surface area contributed by atoms with Crippen molar-refractivity contribution in [1.82, 2.24) is 0 Å². The fraction of sp³-hybridized carbons (Fsp3) is 0.700. The van der Waals surface area contributed by atoms with Crippen molar-refractivity contribution in [2.45, 2.75) is 32.6 Å². The van der Waals surface area contributed by atoms with Crippen molar-refractivity contribution in [3.8, 4) is 6.07 Å². The molecule has 60 valence electrons. The van der Waals surface area contributed by atoms with E-state index in [0.717, 1.165) is 12.8 Å². The van der Waals surface area contributed by atoms with Gasteiger partial charge in [0.15, 0.2) is 0 Å². The van der Waals surface area contributed by atoms with Crippen molar-refractivity contribution in [3.05, 3.63) is 12.2 Å². The van der Waals surface area contributed by atoms with Crippen molar-refractivity contribution >= 4 is 0 Å². The molecule has 0 atom stereocenters. The zero-order chi connectivity index (χ0) is 8.27. The Hall–Kier alpha value is -0.770. The summed E-state index contributed by atoms with van der Waals surface area (Å²) in [7, 11) is 0. The van der Waals surface area contributed by atoms with Crippen molar-refractivity contribution in [3.63, 3.8) is 0 Å². The average Bonchev–Trinajstić information content (AvgIpc) is 2.05. The lowest BCUT2D eigenvalue weighted by molar-refractivity contribution is 0.350. The van der Waals surface area contributed by atoms with Crippen LogP contribution < -0.4 is 0 Å². The Morgan fingerprint density at radius 2 is 1.91 bits per heavy atom. The van der Waals surface area contributed by atoms with Crippen LogP contribution in [0.25, 0.3) is 0 Å². The molecule has 0 aromatic heterocycles. The first-order valence-electron chi connectivity index (χ1n) is 4.29. The molecule has 0 spiro atoms. The van der Waals surface area contributed by atoms with E-state index in [1.165, 1.54) is 18.4 Å². The van der Waals surface area contributed by atoms with Gasteiger partial charge in [-0.05, 0) is 38.5 Å². The van der Waals surface area contributed by atoms with Crippen LogP contribution in [0.4, 0.5) is 0 Å². The minimum absolute atomic E-state index is 0.325. The van der Waals surface area contributed by atoms with Crippen molar-refractivity contribution in [2.75, 3.05) is 0 Å². The number of nitrogens with zero attached hydrogens (tertiary/aromatic N) is 1. The Labute approximate surface area is 68.7 Å². The molecule has 11 heavy (non-hydrogen) atoms. The van der Waals surface area contributed by atoms with Gasteiger partial charge in [-0.15, -0.1) is 0 Å². The lowest BCUT2D eigenvalue weighted by Crippen LogP contribution is -2.13. The van der Waals surface area contributed by atoms with E-state index in [1.54, 1.807) is 0 Å². The van der Waals surface area contributed by atoms with Gasteiger partial charge in [-0.2, -0.15) is 5.26 Å². The molecule has 0 aromatic rings. The van der Waals surface area contributed by atoms with E-state index in [4.69, 9.17) is 5.26 Å². The Balaban J connectivity index is 2.37. The molecule has 0 saturated heterocycles. The highest BCUT2D eigenvalue weighted by molar-refractivity contribution is 5.00. The molecule has 0 N–H and O–H groups in total. The number of hydrogen-bond donors (Lipinski definition) is 0. The van der Waals surface area contributed by atoms with E-state index in [2.05, 4.69) is 19.6 Å². The van der Waals surface area contributed by atoms with Gasteiger partial charge in [0, 0.05) is 5.92 Å². The monoisotopic (exact) mass is 149 g/mol. The maximum Gasteiger partial charge on any atom is 0.0655 e. The highest BCUT2D eigenvalue weighted by atomic mass is 14.3. The van der Waals surface area contributed by atoms with Gasteiger partial charge in [0.25, 0.3) is 0 Å². The fourth-order valence-corrected chi connectivity index (χ4v) is 1.72. The maximum absolute atomic E-state index is 8.64. The first-order valence-corrected chi connectivity index (χ1v) is 4.29. The summed E-state index contributed by atoms with van der Waals surface area (Å²) in [6, 6.07) is 2.33. The van der Waals surface area contributed by atoms with Crippen LogP contribution in [0.2, 0.25) is 0 Å². The smallest absolute Gasteiger partial charge is 0.0655 e. The molecule has 1 nitrogen and oxygen atoms in total. The van der Waals surface area contributed by atoms with Gasteiger partial charge in [0.05, 0.1) is 6.07 Å². The minimum atomic E-state index is 0.325. The third-order valence-corrected chi connectivity index (χ3v) is 2.61. The first kappa shape index (κ1) is 8.33. The summed E-state index contributed by atoms with van der Waals surface area (Å²) >= 11 is 0.